The molecule has 1 amide bonds. The van der Waals surface area contributed by atoms with E-state index in [2.05, 4.69) is 43.5 Å². The van der Waals surface area contributed by atoms with Crippen molar-refractivity contribution in [2.75, 3.05) is 13.2 Å². The van der Waals surface area contributed by atoms with E-state index in [9.17, 15) is 19.8 Å². The summed E-state index contributed by atoms with van der Waals surface area (Å²) < 4.78 is 5.46. The van der Waals surface area contributed by atoms with E-state index in [1.165, 1.54) is 167 Å². The number of hydrogen-bond donors (Lipinski definition) is 3. The zero-order chi connectivity index (χ0) is 42.3. The summed E-state index contributed by atoms with van der Waals surface area (Å²) in [6.07, 6.45) is 57.1. The monoisotopic (exact) mass is 816 g/mol. The molecule has 0 aromatic heterocycles. The summed E-state index contributed by atoms with van der Waals surface area (Å²) in [5.74, 6) is -0.0989. The molecule has 0 heterocycles. The number of ether oxygens (including phenoxy) is 1. The molecular weight excluding hydrogens is 719 g/mol. The molecule has 0 aliphatic heterocycles. The van der Waals surface area contributed by atoms with Gasteiger partial charge in [0.25, 0.3) is 0 Å². The smallest absolute Gasteiger partial charge is 0.305 e. The second kappa shape index (κ2) is 47.8. The summed E-state index contributed by atoms with van der Waals surface area (Å²) in [6.45, 7) is 4.82. The molecule has 0 bridgehead atoms. The van der Waals surface area contributed by atoms with Gasteiger partial charge in [0.15, 0.2) is 0 Å². The van der Waals surface area contributed by atoms with Gasteiger partial charge >= 0.3 is 5.97 Å². The highest BCUT2D eigenvalue weighted by Gasteiger charge is 2.18. The maximum atomic E-state index is 12.4. The van der Waals surface area contributed by atoms with E-state index in [1.807, 2.05) is 6.08 Å². The molecule has 0 aromatic rings. The van der Waals surface area contributed by atoms with E-state index < -0.39 is 12.1 Å². The average Bonchev–Trinajstić information content (AvgIpc) is 3.22. The van der Waals surface area contributed by atoms with E-state index in [0.717, 1.165) is 64.2 Å². The van der Waals surface area contributed by atoms with E-state index in [0.29, 0.717) is 19.4 Å². The van der Waals surface area contributed by atoms with Crippen LogP contribution < -0.4 is 5.32 Å². The second-order valence-electron chi connectivity index (χ2n) is 17.1. The highest BCUT2D eigenvalue weighted by atomic mass is 16.5. The zero-order valence-corrected chi connectivity index (χ0v) is 38.5. The number of esters is 1. The molecule has 340 valence electrons. The van der Waals surface area contributed by atoms with Crippen molar-refractivity contribution >= 4 is 11.9 Å². The van der Waals surface area contributed by atoms with Gasteiger partial charge in [0.2, 0.25) is 5.91 Å². The van der Waals surface area contributed by atoms with Crippen LogP contribution in [-0.2, 0) is 14.3 Å². The summed E-state index contributed by atoms with van der Waals surface area (Å²) in [7, 11) is 0. The largest absolute Gasteiger partial charge is 0.466 e. The third-order valence-electron chi connectivity index (χ3n) is 11.4. The Hall–Kier alpha value is -1.92. The van der Waals surface area contributed by atoms with Gasteiger partial charge in [0.05, 0.1) is 25.4 Å². The molecule has 0 spiro atoms. The summed E-state index contributed by atoms with van der Waals surface area (Å²) in [4.78, 5) is 24.4. The highest BCUT2D eigenvalue weighted by Crippen LogP contribution is 2.15. The van der Waals surface area contributed by atoms with Crippen molar-refractivity contribution in [2.24, 2.45) is 0 Å². The van der Waals surface area contributed by atoms with Gasteiger partial charge in [-0.2, -0.15) is 0 Å². The van der Waals surface area contributed by atoms with Crippen LogP contribution in [0, 0.1) is 0 Å². The summed E-state index contributed by atoms with van der Waals surface area (Å²) in [6, 6.07) is -0.637. The van der Waals surface area contributed by atoms with Gasteiger partial charge in [0.1, 0.15) is 0 Å². The van der Waals surface area contributed by atoms with Crippen LogP contribution >= 0.6 is 0 Å². The van der Waals surface area contributed by atoms with Gasteiger partial charge in [-0.15, -0.1) is 0 Å². The number of nitrogens with one attached hydrogen (secondary N) is 1. The molecule has 2 atom stereocenters. The van der Waals surface area contributed by atoms with Crippen molar-refractivity contribution < 1.29 is 24.5 Å². The number of unbranched alkanes of at least 4 members (excludes halogenated alkanes) is 31. The predicted octanol–water partition coefficient (Wildman–Crippen LogP) is 14.9. The number of amides is 1. The molecule has 0 aromatic carbocycles. The fraction of sp³-hybridized carbons (Fsp3) is 0.846. The third-order valence-corrected chi connectivity index (χ3v) is 11.4. The SMILES string of the molecule is CCCCC/C=C\C/C=C\CCCCCCCCCC(=O)OCCCCCCCCCCCCCCCC(=O)NC(CO)C(O)/C=C/CCCCCCCCCCC. The van der Waals surface area contributed by atoms with E-state index in [-0.39, 0.29) is 18.5 Å². The Bertz CT molecular complexity index is 946. The summed E-state index contributed by atoms with van der Waals surface area (Å²) in [5, 5.41) is 23.0. The van der Waals surface area contributed by atoms with Crippen LogP contribution in [0.1, 0.15) is 258 Å². The van der Waals surface area contributed by atoms with Crippen LogP contribution in [0.25, 0.3) is 0 Å². The molecule has 3 N–H and O–H groups in total. The Morgan fingerprint density at radius 1 is 0.483 bits per heavy atom. The first-order chi connectivity index (χ1) is 28.5. The fourth-order valence-electron chi connectivity index (χ4n) is 7.49. The Kier molecular flexibility index (Phi) is 46.2. The van der Waals surface area contributed by atoms with Crippen LogP contribution in [0.4, 0.5) is 0 Å². The maximum Gasteiger partial charge on any atom is 0.305 e. The summed E-state index contributed by atoms with van der Waals surface area (Å²) in [5.41, 5.74) is 0. The van der Waals surface area contributed by atoms with Crippen molar-refractivity contribution in [2.45, 2.75) is 270 Å². The molecule has 0 rings (SSSR count). The van der Waals surface area contributed by atoms with Crippen molar-refractivity contribution in [3.05, 3.63) is 36.5 Å². The van der Waals surface area contributed by atoms with Gasteiger partial charge in [0, 0.05) is 12.8 Å². The van der Waals surface area contributed by atoms with Crippen LogP contribution in [0.3, 0.4) is 0 Å². The molecule has 2 unspecified atom stereocenters. The van der Waals surface area contributed by atoms with Crippen LogP contribution in [-0.4, -0.2) is 47.4 Å². The lowest BCUT2D eigenvalue weighted by molar-refractivity contribution is -0.143. The lowest BCUT2D eigenvalue weighted by Crippen LogP contribution is -2.45. The molecular formula is C52H97NO5. The Morgan fingerprint density at radius 3 is 1.34 bits per heavy atom. The van der Waals surface area contributed by atoms with Crippen molar-refractivity contribution in [3.8, 4) is 0 Å². The first kappa shape index (κ1) is 56.1. The number of carbonyl (C=O) groups excluding carboxylic acids is 2. The minimum atomic E-state index is -0.852. The van der Waals surface area contributed by atoms with Gasteiger partial charge in [-0.05, 0) is 64.2 Å². The lowest BCUT2D eigenvalue weighted by atomic mass is 10.0. The number of rotatable bonds is 46. The molecule has 0 aliphatic carbocycles. The van der Waals surface area contributed by atoms with Gasteiger partial charge in [-0.3, -0.25) is 9.59 Å². The molecule has 6 nitrogen and oxygen atoms in total. The molecule has 6 heteroatoms. The number of hydrogen-bond acceptors (Lipinski definition) is 5. The number of allylic oxidation sites excluding steroid dienone is 5. The fourth-order valence-corrected chi connectivity index (χ4v) is 7.49. The zero-order valence-electron chi connectivity index (χ0n) is 38.5. The minimum Gasteiger partial charge on any atom is -0.466 e. The molecule has 0 aliphatic rings. The Morgan fingerprint density at radius 2 is 0.862 bits per heavy atom. The van der Waals surface area contributed by atoms with E-state index in [1.54, 1.807) is 6.08 Å². The maximum absolute atomic E-state index is 12.4. The molecule has 0 radical (unpaired) electrons. The lowest BCUT2D eigenvalue weighted by Gasteiger charge is -2.20. The first-order valence-electron chi connectivity index (χ1n) is 25.3. The van der Waals surface area contributed by atoms with Gasteiger partial charge in [-0.25, -0.2) is 0 Å². The predicted molar refractivity (Wildman–Crippen MR) is 250 cm³/mol. The molecule has 0 saturated carbocycles. The summed E-state index contributed by atoms with van der Waals surface area (Å²) >= 11 is 0. The minimum absolute atomic E-state index is 0.0155. The Labute approximate surface area is 360 Å². The van der Waals surface area contributed by atoms with Gasteiger partial charge < -0.3 is 20.3 Å². The molecule has 0 fully saturated rings. The highest BCUT2D eigenvalue weighted by molar-refractivity contribution is 5.76. The third kappa shape index (κ3) is 43.7. The van der Waals surface area contributed by atoms with Crippen LogP contribution in [0.5, 0.6) is 0 Å². The van der Waals surface area contributed by atoms with Crippen molar-refractivity contribution in [1.29, 1.82) is 0 Å². The Balaban J connectivity index is 3.47. The number of aliphatic hydroxyl groups is 2. The second-order valence-corrected chi connectivity index (χ2v) is 17.1. The van der Waals surface area contributed by atoms with Crippen molar-refractivity contribution in [3.63, 3.8) is 0 Å². The standard InChI is InChI=1S/C52H97NO5/c1-3-5-7-9-11-13-15-16-17-18-19-22-26-30-34-38-42-46-52(57)58-47-43-39-35-31-27-23-20-21-25-29-33-37-41-45-51(56)53-49(48-54)50(55)44-40-36-32-28-24-14-12-10-8-6-4-2/h11,13,16-17,40,44,49-50,54-55H,3-10,12,14-15,18-39,41-43,45-48H2,1-2H3,(H,53,56)/b13-11-,17-16-,44-40+. The van der Waals surface area contributed by atoms with E-state index in [4.69, 9.17) is 4.74 Å². The first-order valence-corrected chi connectivity index (χ1v) is 25.3. The molecule has 58 heavy (non-hydrogen) atoms. The quantitative estimate of drug-likeness (QED) is 0.0323. The normalized spacial score (nSPS) is 13.0. The molecule has 0 saturated heterocycles. The van der Waals surface area contributed by atoms with Crippen LogP contribution in [0.2, 0.25) is 0 Å². The van der Waals surface area contributed by atoms with Gasteiger partial charge in [-0.1, -0.05) is 217 Å². The number of carbonyl (C=O) groups is 2. The van der Waals surface area contributed by atoms with Crippen LogP contribution in [0.15, 0.2) is 36.5 Å². The van der Waals surface area contributed by atoms with Crippen molar-refractivity contribution in [1.82, 2.24) is 5.32 Å². The topological polar surface area (TPSA) is 95.9 Å². The number of aliphatic hydroxyl groups excluding tert-OH is 2. The van der Waals surface area contributed by atoms with E-state index >= 15 is 0 Å². The average molecular weight is 816 g/mol.